The molecule has 2 amide bonds. The van der Waals surface area contributed by atoms with Crippen molar-refractivity contribution >= 4 is 27.7 Å². The molecule has 3 aliphatic rings. The maximum atomic E-state index is 12.7. The van der Waals surface area contributed by atoms with Crippen molar-refractivity contribution in [2.75, 3.05) is 13.1 Å². The standard InChI is InChI=1S/C23H33BrN4O2/c24-19-8-6-18(7-9-19)23(30)28-12-10-17(11-13-28)22(29)25-21-15-20(26-27-21)14-16-4-2-1-3-5-16/h6-9,16-17,20-21,26-27H,1-5,10-15H2,(H,25,29). The van der Waals surface area contributed by atoms with E-state index < -0.39 is 0 Å². The van der Waals surface area contributed by atoms with E-state index in [4.69, 9.17) is 0 Å². The third kappa shape index (κ3) is 5.62. The van der Waals surface area contributed by atoms with E-state index in [1.54, 1.807) is 0 Å². The molecule has 0 bridgehead atoms. The number of nitrogens with one attached hydrogen (secondary N) is 3. The van der Waals surface area contributed by atoms with Gasteiger partial charge in [-0.2, -0.15) is 0 Å². The molecule has 2 saturated heterocycles. The second kappa shape index (κ2) is 10.2. The van der Waals surface area contributed by atoms with Gasteiger partial charge in [-0.1, -0.05) is 48.0 Å². The smallest absolute Gasteiger partial charge is 0.253 e. The Kier molecular flexibility index (Phi) is 7.44. The van der Waals surface area contributed by atoms with Gasteiger partial charge in [-0.3, -0.25) is 15.0 Å². The van der Waals surface area contributed by atoms with Crippen LogP contribution in [-0.2, 0) is 4.79 Å². The summed E-state index contributed by atoms with van der Waals surface area (Å²) in [5.41, 5.74) is 7.35. The van der Waals surface area contributed by atoms with E-state index in [0.717, 1.165) is 29.7 Å². The first-order valence-corrected chi connectivity index (χ1v) is 12.2. The third-order valence-electron chi connectivity index (χ3n) is 6.89. The van der Waals surface area contributed by atoms with Crippen molar-refractivity contribution in [1.29, 1.82) is 0 Å². The number of piperidine rings is 1. The van der Waals surface area contributed by atoms with Crippen LogP contribution in [0.4, 0.5) is 0 Å². The summed E-state index contributed by atoms with van der Waals surface area (Å²) in [5.74, 6) is 0.982. The van der Waals surface area contributed by atoms with Gasteiger partial charge in [0.25, 0.3) is 5.91 Å². The highest BCUT2D eigenvalue weighted by Gasteiger charge is 2.32. The zero-order chi connectivity index (χ0) is 20.9. The SMILES string of the molecule is O=C(NC1CC(CC2CCCCC2)NN1)C1CCN(C(=O)c2ccc(Br)cc2)CC1. The Morgan fingerprint density at radius 3 is 2.40 bits per heavy atom. The normalized spacial score (nSPS) is 26.0. The number of hydrogen-bond donors (Lipinski definition) is 3. The monoisotopic (exact) mass is 476 g/mol. The number of hydrogen-bond acceptors (Lipinski definition) is 4. The van der Waals surface area contributed by atoms with Crippen LogP contribution in [0.1, 0.15) is 68.1 Å². The van der Waals surface area contributed by atoms with Gasteiger partial charge < -0.3 is 10.2 Å². The van der Waals surface area contributed by atoms with Gasteiger partial charge in [0.1, 0.15) is 0 Å². The minimum absolute atomic E-state index is 0.00789. The molecule has 4 rings (SSSR count). The zero-order valence-electron chi connectivity index (χ0n) is 17.5. The lowest BCUT2D eigenvalue weighted by Crippen LogP contribution is -2.49. The van der Waals surface area contributed by atoms with E-state index in [0.29, 0.717) is 24.7 Å². The van der Waals surface area contributed by atoms with E-state index in [2.05, 4.69) is 32.1 Å². The Hall–Kier alpha value is -1.44. The van der Waals surface area contributed by atoms with Crippen molar-refractivity contribution in [3.8, 4) is 0 Å². The van der Waals surface area contributed by atoms with E-state index in [-0.39, 0.29) is 23.9 Å². The zero-order valence-corrected chi connectivity index (χ0v) is 19.1. The largest absolute Gasteiger partial charge is 0.339 e. The molecule has 3 N–H and O–H groups in total. The average Bonchev–Trinajstić information content (AvgIpc) is 3.21. The van der Waals surface area contributed by atoms with Crippen LogP contribution in [0.2, 0.25) is 0 Å². The molecule has 0 spiro atoms. The molecule has 2 unspecified atom stereocenters. The van der Waals surface area contributed by atoms with Crippen LogP contribution in [-0.4, -0.2) is 42.0 Å². The number of nitrogens with zero attached hydrogens (tertiary/aromatic N) is 1. The topological polar surface area (TPSA) is 73.5 Å². The van der Waals surface area contributed by atoms with Gasteiger partial charge in [0.05, 0.1) is 6.17 Å². The maximum Gasteiger partial charge on any atom is 0.253 e. The molecule has 30 heavy (non-hydrogen) atoms. The molecule has 6 nitrogen and oxygen atoms in total. The van der Waals surface area contributed by atoms with Crippen molar-refractivity contribution in [2.45, 2.75) is 70.0 Å². The molecule has 0 aromatic heterocycles. The predicted octanol–water partition coefficient (Wildman–Crippen LogP) is 3.58. The number of hydrazine groups is 1. The summed E-state index contributed by atoms with van der Waals surface area (Å²) in [4.78, 5) is 27.3. The van der Waals surface area contributed by atoms with Crippen LogP contribution >= 0.6 is 15.9 Å². The molecular weight excluding hydrogens is 444 g/mol. The summed E-state index contributed by atoms with van der Waals surface area (Å²) in [6.07, 6.45) is 10.4. The van der Waals surface area contributed by atoms with Crippen molar-refractivity contribution in [1.82, 2.24) is 21.1 Å². The van der Waals surface area contributed by atoms with Gasteiger partial charge >= 0.3 is 0 Å². The van der Waals surface area contributed by atoms with E-state index in [9.17, 15) is 9.59 Å². The first kappa shape index (κ1) is 21.8. The molecule has 1 aromatic carbocycles. The van der Waals surface area contributed by atoms with Gasteiger partial charge in [-0.25, -0.2) is 5.43 Å². The van der Waals surface area contributed by atoms with Crippen LogP contribution in [0.25, 0.3) is 0 Å². The van der Waals surface area contributed by atoms with Crippen LogP contribution in [0.5, 0.6) is 0 Å². The van der Waals surface area contributed by atoms with Crippen molar-refractivity contribution in [2.24, 2.45) is 11.8 Å². The highest BCUT2D eigenvalue weighted by atomic mass is 79.9. The number of carbonyl (C=O) groups is 2. The van der Waals surface area contributed by atoms with E-state index >= 15 is 0 Å². The lowest BCUT2D eigenvalue weighted by Gasteiger charge is -2.32. The fourth-order valence-electron chi connectivity index (χ4n) is 5.11. The fourth-order valence-corrected chi connectivity index (χ4v) is 5.37. The Balaban J connectivity index is 1.19. The Labute approximate surface area is 187 Å². The molecular formula is C23H33BrN4O2. The number of carbonyl (C=O) groups excluding carboxylic acids is 2. The minimum Gasteiger partial charge on any atom is -0.339 e. The van der Waals surface area contributed by atoms with Gasteiger partial charge in [-0.05, 0) is 55.9 Å². The minimum atomic E-state index is -0.0156. The molecule has 2 aliphatic heterocycles. The summed E-state index contributed by atoms with van der Waals surface area (Å²) in [5, 5.41) is 3.18. The quantitative estimate of drug-likeness (QED) is 0.606. The molecule has 1 aromatic rings. The fraction of sp³-hybridized carbons (Fsp3) is 0.652. The van der Waals surface area contributed by atoms with E-state index in [1.165, 1.54) is 38.5 Å². The van der Waals surface area contributed by atoms with E-state index in [1.807, 2.05) is 29.2 Å². The first-order chi connectivity index (χ1) is 14.6. The Morgan fingerprint density at radius 1 is 1.00 bits per heavy atom. The summed E-state index contributed by atoms with van der Waals surface area (Å²) in [6.45, 7) is 1.27. The van der Waals surface area contributed by atoms with Crippen LogP contribution in [0, 0.1) is 11.8 Å². The summed E-state index contributed by atoms with van der Waals surface area (Å²) in [6, 6.07) is 7.90. The van der Waals surface area contributed by atoms with Crippen molar-refractivity contribution in [3.05, 3.63) is 34.3 Å². The molecule has 7 heteroatoms. The molecule has 2 atom stereocenters. The summed E-state index contributed by atoms with van der Waals surface area (Å²) in [7, 11) is 0. The van der Waals surface area contributed by atoms with Gasteiger partial charge in [0.15, 0.2) is 0 Å². The maximum absolute atomic E-state index is 12.7. The molecule has 164 valence electrons. The number of likely N-dealkylation sites (tertiary alicyclic amines) is 1. The Bertz CT molecular complexity index is 727. The first-order valence-electron chi connectivity index (χ1n) is 11.4. The molecule has 2 heterocycles. The number of halogens is 1. The molecule has 0 radical (unpaired) electrons. The number of benzene rings is 1. The lowest BCUT2D eigenvalue weighted by molar-refractivity contribution is -0.127. The van der Waals surface area contributed by atoms with Gasteiger partial charge in [0, 0.05) is 35.1 Å². The average molecular weight is 477 g/mol. The highest BCUT2D eigenvalue weighted by Crippen LogP contribution is 2.29. The third-order valence-corrected chi connectivity index (χ3v) is 7.41. The number of rotatable bonds is 5. The molecule has 1 aliphatic carbocycles. The number of amides is 2. The summed E-state index contributed by atoms with van der Waals surface area (Å²) >= 11 is 3.40. The van der Waals surface area contributed by atoms with Crippen molar-refractivity contribution < 1.29 is 9.59 Å². The molecule has 3 fully saturated rings. The van der Waals surface area contributed by atoms with Crippen LogP contribution < -0.4 is 16.2 Å². The van der Waals surface area contributed by atoms with Gasteiger partial charge in [-0.15, -0.1) is 0 Å². The summed E-state index contributed by atoms with van der Waals surface area (Å²) < 4.78 is 0.963. The second-order valence-corrected chi connectivity index (χ2v) is 10.0. The van der Waals surface area contributed by atoms with Crippen LogP contribution in [0.3, 0.4) is 0 Å². The van der Waals surface area contributed by atoms with Crippen LogP contribution in [0.15, 0.2) is 28.7 Å². The van der Waals surface area contributed by atoms with Crippen molar-refractivity contribution in [3.63, 3.8) is 0 Å². The second-order valence-electron chi connectivity index (χ2n) is 9.10. The Morgan fingerprint density at radius 2 is 1.70 bits per heavy atom. The lowest BCUT2D eigenvalue weighted by atomic mass is 9.84. The van der Waals surface area contributed by atoms with Gasteiger partial charge in [0.2, 0.25) is 5.91 Å². The highest BCUT2D eigenvalue weighted by molar-refractivity contribution is 9.10. The predicted molar refractivity (Wildman–Crippen MR) is 121 cm³/mol. The molecule has 1 saturated carbocycles.